The zero-order valence-electron chi connectivity index (χ0n) is 16.9. The Hall–Kier alpha value is -2.09. The molecule has 1 amide bonds. The summed E-state index contributed by atoms with van der Waals surface area (Å²) in [6.45, 7) is 6.69. The third-order valence-corrected chi connectivity index (χ3v) is 4.33. The lowest BCUT2D eigenvalue weighted by Crippen LogP contribution is -2.39. The first-order valence-electron chi connectivity index (χ1n) is 9.44. The molecule has 0 bridgehead atoms. The maximum atomic E-state index is 12.3. The summed E-state index contributed by atoms with van der Waals surface area (Å²) in [7, 11) is 1.84. The first-order valence-corrected chi connectivity index (χ1v) is 9.44. The van der Waals surface area contributed by atoms with E-state index < -0.39 is 0 Å². The summed E-state index contributed by atoms with van der Waals surface area (Å²) in [6.07, 6.45) is 0.429. The van der Waals surface area contributed by atoms with Crippen LogP contribution in [0.15, 0.2) is 59.6 Å². The molecule has 0 atom stereocenters. The first kappa shape index (κ1) is 23.9. The first-order chi connectivity index (χ1) is 13.1. The average molecular weight is 494 g/mol. The molecule has 0 aliphatic rings. The highest BCUT2D eigenvalue weighted by Gasteiger charge is 2.09. The Balaban J connectivity index is 0.00000392. The minimum absolute atomic E-state index is 0. The van der Waals surface area contributed by atoms with E-state index in [1.54, 1.807) is 4.90 Å². The van der Waals surface area contributed by atoms with Crippen molar-refractivity contribution in [1.29, 1.82) is 0 Å². The predicted molar refractivity (Wildman–Crippen MR) is 127 cm³/mol. The Morgan fingerprint density at radius 3 is 2.39 bits per heavy atom. The molecule has 2 aromatic carbocycles. The highest BCUT2D eigenvalue weighted by atomic mass is 127. The number of hydrogen-bond donors (Lipinski definition) is 2. The largest absolute Gasteiger partial charge is 0.357 e. The van der Waals surface area contributed by atoms with E-state index >= 15 is 0 Å². The predicted octanol–water partition coefficient (Wildman–Crippen LogP) is 3.72. The minimum Gasteiger partial charge on any atom is -0.357 e. The monoisotopic (exact) mass is 494 g/mol. The number of carbonyl (C=O) groups excluding carboxylic acids is 1. The van der Waals surface area contributed by atoms with Crippen LogP contribution in [0, 0.1) is 6.92 Å². The molecule has 2 N–H and O–H groups in total. The van der Waals surface area contributed by atoms with Crippen LogP contribution < -0.4 is 10.6 Å². The molecule has 0 fully saturated rings. The third kappa shape index (κ3) is 8.29. The third-order valence-electron chi connectivity index (χ3n) is 4.33. The highest BCUT2D eigenvalue weighted by Crippen LogP contribution is 2.08. The van der Waals surface area contributed by atoms with Crippen molar-refractivity contribution in [2.24, 2.45) is 4.99 Å². The van der Waals surface area contributed by atoms with Crippen LogP contribution in [-0.2, 0) is 17.9 Å². The van der Waals surface area contributed by atoms with E-state index in [1.165, 1.54) is 11.1 Å². The van der Waals surface area contributed by atoms with E-state index in [4.69, 9.17) is 0 Å². The lowest BCUT2D eigenvalue weighted by Gasteiger charge is -2.18. The number of nitrogens with zero attached hydrogens (tertiary/aromatic N) is 2. The second-order valence-corrected chi connectivity index (χ2v) is 6.53. The number of amides is 1. The van der Waals surface area contributed by atoms with Gasteiger partial charge in [-0.25, -0.2) is 4.99 Å². The maximum Gasteiger partial charge on any atom is 0.224 e. The number of carbonyl (C=O) groups is 1. The van der Waals surface area contributed by atoms with Crippen LogP contribution in [-0.4, -0.2) is 36.9 Å². The van der Waals surface area contributed by atoms with Gasteiger partial charge in [-0.3, -0.25) is 4.79 Å². The molecule has 6 heteroatoms. The Kier molecular flexibility index (Phi) is 11.2. The summed E-state index contributed by atoms with van der Waals surface area (Å²) in [4.78, 5) is 18.7. The van der Waals surface area contributed by atoms with Crippen molar-refractivity contribution in [3.05, 3.63) is 71.3 Å². The number of halogens is 1. The van der Waals surface area contributed by atoms with Gasteiger partial charge in [0.15, 0.2) is 5.96 Å². The summed E-state index contributed by atoms with van der Waals surface area (Å²) >= 11 is 0. The average Bonchev–Trinajstić information content (AvgIpc) is 2.67. The Labute approximate surface area is 185 Å². The molecule has 2 rings (SSSR count). The number of benzene rings is 2. The second-order valence-electron chi connectivity index (χ2n) is 6.53. The van der Waals surface area contributed by atoms with Crippen molar-refractivity contribution in [1.82, 2.24) is 15.5 Å². The fourth-order valence-corrected chi connectivity index (χ4v) is 2.72. The molecule has 0 radical (unpaired) electrons. The molecular weight excluding hydrogens is 463 g/mol. The summed E-state index contributed by atoms with van der Waals surface area (Å²) < 4.78 is 0. The topological polar surface area (TPSA) is 56.7 Å². The quantitative estimate of drug-likeness (QED) is 0.334. The van der Waals surface area contributed by atoms with Crippen molar-refractivity contribution < 1.29 is 4.79 Å². The van der Waals surface area contributed by atoms with Crippen molar-refractivity contribution >= 4 is 35.8 Å². The highest BCUT2D eigenvalue weighted by molar-refractivity contribution is 14.0. The lowest BCUT2D eigenvalue weighted by atomic mass is 10.1. The molecular formula is C22H31IN4O. The van der Waals surface area contributed by atoms with E-state index in [2.05, 4.69) is 34.7 Å². The van der Waals surface area contributed by atoms with Crippen LogP contribution in [0.3, 0.4) is 0 Å². The molecule has 0 saturated heterocycles. The fourth-order valence-electron chi connectivity index (χ4n) is 2.72. The summed E-state index contributed by atoms with van der Waals surface area (Å²) in [6, 6.07) is 18.3. The standard InChI is InChI=1S/C22H30N4O.HI/c1-4-23-22(25-16-20-13-9-8-10-18(20)2)24-15-14-21(27)26(3)17-19-11-6-5-7-12-19;/h5-13H,4,14-17H2,1-3H3,(H2,23,24,25);1H. The van der Waals surface area contributed by atoms with Crippen LogP contribution in [0.5, 0.6) is 0 Å². The SMILES string of the molecule is CCNC(=NCc1ccccc1C)NCCC(=O)N(C)Cc1ccccc1.I. The van der Waals surface area contributed by atoms with Gasteiger partial charge in [0.1, 0.15) is 0 Å². The minimum atomic E-state index is 0. The molecule has 0 saturated carbocycles. The molecule has 0 unspecified atom stereocenters. The van der Waals surface area contributed by atoms with Gasteiger partial charge in [-0.2, -0.15) is 0 Å². The molecule has 0 aliphatic carbocycles. The second kappa shape index (κ2) is 13.1. The molecule has 0 spiro atoms. The molecule has 0 aromatic heterocycles. The molecule has 28 heavy (non-hydrogen) atoms. The maximum absolute atomic E-state index is 12.3. The molecule has 5 nitrogen and oxygen atoms in total. The van der Waals surface area contributed by atoms with Crippen LogP contribution in [0.25, 0.3) is 0 Å². The van der Waals surface area contributed by atoms with E-state index in [-0.39, 0.29) is 29.9 Å². The lowest BCUT2D eigenvalue weighted by molar-refractivity contribution is -0.130. The Morgan fingerprint density at radius 2 is 1.71 bits per heavy atom. The van der Waals surface area contributed by atoms with Gasteiger partial charge in [-0.1, -0.05) is 54.6 Å². The Bertz CT molecular complexity index is 749. The van der Waals surface area contributed by atoms with E-state index in [9.17, 15) is 4.79 Å². The number of guanidine groups is 1. The normalized spacial score (nSPS) is 10.8. The van der Waals surface area contributed by atoms with Gasteiger partial charge in [0.25, 0.3) is 0 Å². The van der Waals surface area contributed by atoms with Gasteiger partial charge in [0.2, 0.25) is 5.91 Å². The van der Waals surface area contributed by atoms with Gasteiger partial charge in [-0.05, 0) is 30.5 Å². The summed E-state index contributed by atoms with van der Waals surface area (Å²) in [5.74, 6) is 0.848. The van der Waals surface area contributed by atoms with Crippen molar-refractivity contribution in [2.45, 2.75) is 33.4 Å². The van der Waals surface area contributed by atoms with Crippen molar-refractivity contribution in [3.63, 3.8) is 0 Å². The van der Waals surface area contributed by atoms with Gasteiger partial charge < -0.3 is 15.5 Å². The van der Waals surface area contributed by atoms with Gasteiger partial charge in [-0.15, -0.1) is 24.0 Å². The molecule has 0 heterocycles. The number of nitrogens with one attached hydrogen (secondary N) is 2. The molecule has 2 aromatic rings. The van der Waals surface area contributed by atoms with Crippen LogP contribution >= 0.6 is 24.0 Å². The zero-order valence-corrected chi connectivity index (χ0v) is 19.3. The van der Waals surface area contributed by atoms with Crippen LogP contribution in [0.2, 0.25) is 0 Å². The smallest absolute Gasteiger partial charge is 0.224 e. The van der Waals surface area contributed by atoms with Crippen molar-refractivity contribution in [3.8, 4) is 0 Å². The van der Waals surface area contributed by atoms with E-state index in [1.807, 2.05) is 56.4 Å². The molecule has 0 aliphatic heterocycles. The summed E-state index contributed by atoms with van der Waals surface area (Å²) in [5, 5.41) is 6.48. The fraction of sp³-hybridized carbons (Fsp3) is 0.364. The molecule has 152 valence electrons. The van der Waals surface area contributed by atoms with Gasteiger partial charge in [0, 0.05) is 33.1 Å². The van der Waals surface area contributed by atoms with Crippen LogP contribution in [0.4, 0.5) is 0 Å². The van der Waals surface area contributed by atoms with E-state index in [0.29, 0.717) is 26.1 Å². The summed E-state index contributed by atoms with van der Waals surface area (Å²) in [5.41, 5.74) is 3.57. The zero-order chi connectivity index (χ0) is 19.5. The van der Waals surface area contributed by atoms with Gasteiger partial charge in [0.05, 0.1) is 6.54 Å². The number of hydrogen-bond acceptors (Lipinski definition) is 2. The van der Waals surface area contributed by atoms with Crippen molar-refractivity contribution in [2.75, 3.05) is 20.1 Å². The van der Waals surface area contributed by atoms with E-state index in [0.717, 1.165) is 18.1 Å². The van der Waals surface area contributed by atoms with Gasteiger partial charge >= 0.3 is 0 Å². The Morgan fingerprint density at radius 1 is 1.04 bits per heavy atom. The van der Waals surface area contributed by atoms with Crippen LogP contribution in [0.1, 0.15) is 30.0 Å². The number of aliphatic imine (C=N–C) groups is 1. The number of aryl methyl sites for hydroxylation is 1. The number of rotatable bonds is 8.